The molecule has 0 spiro atoms. The molecule has 2 nitrogen and oxygen atoms in total. The molecule has 0 amide bonds. The average Bonchev–Trinajstić information content (AvgIpc) is 2.39. The molecule has 0 bridgehead atoms. The van der Waals surface area contributed by atoms with E-state index in [1.165, 1.54) is 12.1 Å². The number of ether oxygens (including phenoxy) is 1. The molecule has 2 unspecified atom stereocenters. The minimum atomic E-state index is -4.39. The van der Waals surface area contributed by atoms with Crippen LogP contribution in [0.4, 0.5) is 13.2 Å². The van der Waals surface area contributed by atoms with Gasteiger partial charge in [-0.2, -0.15) is 13.2 Å². The maximum absolute atomic E-state index is 13.2. The highest BCUT2D eigenvalue weighted by atomic mass is 19.4. The Bertz CT molecular complexity index is 473. The first-order valence-corrected chi connectivity index (χ1v) is 7.41. The van der Waals surface area contributed by atoms with E-state index >= 15 is 0 Å². The van der Waals surface area contributed by atoms with Crippen LogP contribution in [0.2, 0.25) is 0 Å². The number of alkyl halides is 3. The van der Waals surface area contributed by atoms with Crippen LogP contribution >= 0.6 is 0 Å². The van der Waals surface area contributed by atoms with Crippen LogP contribution in [-0.4, -0.2) is 13.2 Å². The van der Waals surface area contributed by atoms with Gasteiger partial charge in [-0.15, -0.1) is 0 Å². The molecule has 1 fully saturated rings. The summed E-state index contributed by atoms with van der Waals surface area (Å²) in [5.41, 5.74) is -0.0670. The number of nitrogens with one attached hydrogen (secondary N) is 1. The van der Waals surface area contributed by atoms with Crippen molar-refractivity contribution in [2.45, 2.75) is 51.4 Å². The molecule has 0 saturated heterocycles. The monoisotopic (exact) mass is 301 g/mol. The summed E-state index contributed by atoms with van der Waals surface area (Å²) in [6.45, 7) is 2.53. The van der Waals surface area contributed by atoms with Crippen molar-refractivity contribution >= 4 is 0 Å². The Balaban J connectivity index is 2.21. The number of hydrogen-bond acceptors (Lipinski definition) is 2. The quantitative estimate of drug-likeness (QED) is 0.891. The van der Waals surface area contributed by atoms with Gasteiger partial charge in [0.2, 0.25) is 0 Å². The zero-order valence-corrected chi connectivity index (χ0v) is 12.5. The molecular weight excluding hydrogens is 279 g/mol. The largest absolute Gasteiger partial charge is 0.490 e. The molecule has 1 N–H and O–H groups in total. The van der Waals surface area contributed by atoms with Crippen molar-refractivity contribution in [2.24, 2.45) is 5.92 Å². The zero-order valence-electron chi connectivity index (χ0n) is 12.5. The average molecular weight is 301 g/mol. The van der Waals surface area contributed by atoms with E-state index in [2.05, 4.69) is 12.2 Å². The van der Waals surface area contributed by atoms with Gasteiger partial charge in [0.15, 0.2) is 0 Å². The molecule has 21 heavy (non-hydrogen) atoms. The molecule has 1 aromatic rings. The molecule has 2 atom stereocenters. The number of benzene rings is 1. The van der Waals surface area contributed by atoms with Crippen molar-refractivity contribution < 1.29 is 17.9 Å². The second kappa shape index (κ2) is 6.69. The van der Waals surface area contributed by atoms with Crippen LogP contribution in [0.5, 0.6) is 5.75 Å². The SMILES string of the molecule is CNCc1ccc(OC2CCCC(C)C2)c(C(F)(F)F)c1. The minimum absolute atomic E-state index is 0.0403. The van der Waals surface area contributed by atoms with Gasteiger partial charge in [-0.25, -0.2) is 0 Å². The summed E-state index contributed by atoms with van der Waals surface area (Å²) in [6, 6.07) is 4.32. The lowest BCUT2D eigenvalue weighted by Gasteiger charge is -2.28. The molecule has 0 aliphatic heterocycles. The summed E-state index contributed by atoms with van der Waals surface area (Å²) < 4.78 is 45.3. The number of halogens is 3. The van der Waals surface area contributed by atoms with Crippen molar-refractivity contribution in [2.75, 3.05) is 7.05 Å². The van der Waals surface area contributed by atoms with Gasteiger partial charge in [-0.05, 0) is 49.9 Å². The van der Waals surface area contributed by atoms with Gasteiger partial charge in [0.05, 0.1) is 11.7 Å². The predicted octanol–water partition coefficient (Wildman–Crippen LogP) is 4.38. The summed E-state index contributed by atoms with van der Waals surface area (Å²) in [5.74, 6) is 0.475. The fourth-order valence-electron chi connectivity index (χ4n) is 2.88. The molecule has 1 saturated carbocycles. The van der Waals surface area contributed by atoms with Gasteiger partial charge >= 0.3 is 6.18 Å². The van der Waals surface area contributed by atoms with E-state index in [-0.39, 0.29) is 11.9 Å². The Morgan fingerprint density at radius 2 is 2.05 bits per heavy atom. The molecule has 0 aromatic heterocycles. The van der Waals surface area contributed by atoms with E-state index in [9.17, 15) is 13.2 Å². The van der Waals surface area contributed by atoms with E-state index in [1.807, 2.05) is 0 Å². The Morgan fingerprint density at radius 1 is 1.29 bits per heavy atom. The van der Waals surface area contributed by atoms with Crippen LogP contribution in [0.1, 0.15) is 43.7 Å². The Hall–Kier alpha value is -1.23. The zero-order chi connectivity index (χ0) is 15.5. The normalized spacial score (nSPS) is 23.1. The fraction of sp³-hybridized carbons (Fsp3) is 0.625. The lowest BCUT2D eigenvalue weighted by Crippen LogP contribution is -2.25. The van der Waals surface area contributed by atoms with Gasteiger partial charge in [0.1, 0.15) is 5.75 Å². The Kier molecular flexibility index (Phi) is 5.14. The first-order valence-electron chi connectivity index (χ1n) is 7.41. The van der Waals surface area contributed by atoms with E-state index in [0.717, 1.165) is 25.7 Å². The van der Waals surface area contributed by atoms with Crippen LogP contribution in [0.15, 0.2) is 18.2 Å². The van der Waals surface area contributed by atoms with Crippen LogP contribution < -0.4 is 10.1 Å². The smallest absolute Gasteiger partial charge is 0.419 e. The van der Waals surface area contributed by atoms with Crippen molar-refractivity contribution in [3.8, 4) is 5.75 Å². The van der Waals surface area contributed by atoms with Gasteiger partial charge in [0.25, 0.3) is 0 Å². The molecule has 5 heteroatoms. The van der Waals surface area contributed by atoms with Gasteiger partial charge in [-0.3, -0.25) is 0 Å². The third-order valence-electron chi connectivity index (χ3n) is 3.91. The fourth-order valence-corrected chi connectivity index (χ4v) is 2.88. The summed E-state index contributed by atoms with van der Waals surface area (Å²) in [4.78, 5) is 0. The predicted molar refractivity (Wildman–Crippen MR) is 76.3 cm³/mol. The third-order valence-corrected chi connectivity index (χ3v) is 3.91. The molecule has 118 valence electrons. The van der Waals surface area contributed by atoms with Gasteiger partial charge in [-0.1, -0.05) is 19.4 Å². The molecule has 2 rings (SSSR count). The van der Waals surface area contributed by atoms with E-state index in [0.29, 0.717) is 18.0 Å². The summed E-state index contributed by atoms with van der Waals surface area (Å²) in [7, 11) is 1.71. The van der Waals surface area contributed by atoms with Crippen molar-refractivity contribution in [3.63, 3.8) is 0 Å². The summed E-state index contributed by atoms with van der Waals surface area (Å²) in [6.07, 6.45) is -0.683. The second-order valence-electron chi connectivity index (χ2n) is 5.87. The second-order valence-corrected chi connectivity index (χ2v) is 5.87. The van der Waals surface area contributed by atoms with Crippen LogP contribution in [0.3, 0.4) is 0 Å². The van der Waals surface area contributed by atoms with E-state index in [1.54, 1.807) is 13.1 Å². The topological polar surface area (TPSA) is 21.3 Å². The maximum atomic E-state index is 13.2. The van der Waals surface area contributed by atoms with Gasteiger partial charge in [0, 0.05) is 6.54 Å². The van der Waals surface area contributed by atoms with E-state index < -0.39 is 11.7 Å². The minimum Gasteiger partial charge on any atom is -0.490 e. The first kappa shape index (κ1) is 16.1. The van der Waals surface area contributed by atoms with E-state index in [4.69, 9.17) is 4.74 Å². The lowest BCUT2D eigenvalue weighted by molar-refractivity contribution is -0.139. The highest BCUT2D eigenvalue weighted by Gasteiger charge is 2.35. The lowest BCUT2D eigenvalue weighted by atomic mass is 9.88. The van der Waals surface area contributed by atoms with Crippen LogP contribution in [0.25, 0.3) is 0 Å². The van der Waals surface area contributed by atoms with Crippen LogP contribution in [0, 0.1) is 5.92 Å². The highest BCUT2D eigenvalue weighted by molar-refractivity contribution is 5.39. The summed E-state index contributed by atoms with van der Waals surface area (Å²) in [5, 5.41) is 2.86. The molecular formula is C16H22F3NO. The Labute approximate surface area is 123 Å². The molecule has 1 aliphatic carbocycles. The van der Waals surface area contributed by atoms with Crippen molar-refractivity contribution in [1.29, 1.82) is 0 Å². The standard InChI is InChI=1S/C16H22F3NO/c1-11-4-3-5-13(8-11)21-15-7-6-12(10-20-2)9-14(15)16(17,18)19/h6-7,9,11,13,20H,3-5,8,10H2,1-2H3. The maximum Gasteiger partial charge on any atom is 0.419 e. The third kappa shape index (κ3) is 4.37. The Morgan fingerprint density at radius 3 is 2.67 bits per heavy atom. The molecule has 0 radical (unpaired) electrons. The van der Waals surface area contributed by atoms with Crippen LogP contribution in [-0.2, 0) is 12.7 Å². The summed E-state index contributed by atoms with van der Waals surface area (Å²) >= 11 is 0. The molecule has 1 aliphatic rings. The molecule has 1 aromatic carbocycles. The first-order chi connectivity index (χ1) is 9.90. The van der Waals surface area contributed by atoms with Crippen molar-refractivity contribution in [1.82, 2.24) is 5.32 Å². The molecule has 0 heterocycles. The number of hydrogen-bond donors (Lipinski definition) is 1. The van der Waals surface area contributed by atoms with Gasteiger partial charge < -0.3 is 10.1 Å². The van der Waals surface area contributed by atoms with Crippen molar-refractivity contribution in [3.05, 3.63) is 29.3 Å². The highest BCUT2D eigenvalue weighted by Crippen LogP contribution is 2.38. The number of rotatable bonds is 4.